The quantitative estimate of drug-likeness (QED) is 0.558. The molecule has 1 heterocycles. The van der Waals surface area contributed by atoms with Crippen molar-refractivity contribution in [2.24, 2.45) is 0 Å². The van der Waals surface area contributed by atoms with Gasteiger partial charge < -0.3 is 10.1 Å². The van der Waals surface area contributed by atoms with Crippen LogP contribution in [0, 0.1) is 0 Å². The van der Waals surface area contributed by atoms with Gasteiger partial charge in [0.25, 0.3) is 5.91 Å². The van der Waals surface area contributed by atoms with E-state index in [0.29, 0.717) is 10.0 Å². The van der Waals surface area contributed by atoms with Crippen molar-refractivity contribution >= 4 is 52.5 Å². The third kappa shape index (κ3) is 5.88. The molecular weight excluding hydrogens is 381 g/mol. The first-order valence-corrected chi connectivity index (χ1v) is 9.18. The summed E-state index contributed by atoms with van der Waals surface area (Å²) < 4.78 is 5.11. The van der Waals surface area contributed by atoms with Crippen molar-refractivity contribution in [3.05, 3.63) is 62.3 Å². The van der Waals surface area contributed by atoms with Crippen LogP contribution in [0.2, 0.25) is 10.0 Å². The number of nitrogens with one attached hydrogen (secondary N) is 1. The molecule has 0 aliphatic carbocycles. The summed E-state index contributed by atoms with van der Waals surface area (Å²) in [7, 11) is 0. The van der Waals surface area contributed by atoms with Crippen LogP contribution in [0.3, 0.4) is 0 Å². The van der Waals surface area contributed by atoms with Gasteiger partial charge in [0.05, 0.1) is 6.04 Å². The van der Waals surface area contributed by atoms with E-state index in [0.717, 1.165) is 10.4 Å². The summed E-state index contributed by atoms with van der Waals surface area (Å²) in [5, 5.41) is 5.65. The summed E-state index contributed by atoms with van der Waals surface area (Å²) in [6.45, 7) is 3.31. The minimum Gasteiger partial charge on any atom is -0.449 e. The van der Waals surface area contributed by atoms with Gasteiger partial charge in [-0.05, 0) is 49.1 Å². The van der Waals surface area contributed by atoms with E-state index < -0.39 is 18.0 Å². The maximum atomic E-state index is 12.2. The fourth-order valence-electron chi connectivity index (χ4n) is 2.06. The second-order valence-corrected chi connectivity index (χ2v) is 7.15. The zero-order chi connectivity index (χ0) is 18.4. The smallest absolute Gasteiger partial charge is 0.331 e. The van der Waals surface area contributed by atoms with Crippen molar-refractivity contribution in [2.45, 2.75) is 26.0 Å². The molecular formula is C18H17Cl2NO3S. The summed E-state index contributed by atoms with van der Waals surface area (Å²) in [5.74, 6) is -0.982. The second-order valence-electron chi connectivity index (χ2n) is 5.32. The molecule has 0 saturated carbocycles. The first-order valence-electron chi connectivity index (χ1n) is 7.54. The Kier molecular flexibility index (Phi) is 7.05. The van der Waals surface area contributed by atoms with Crippen molar-refractivity contribution in [1.29, 1.82) is 0 Å². The summed E-state index contributed by atoms with van der Waals surface area (Å²) in [6, 6.07) is 8.47. The van der Waals surface area contributed by atoms with Gasteiger partial charge in [0.15, 0.2) is 6.10 Å². The van der Waals surface area contributed by atoms with Gasteiger partial charge in [-0.25, -0.2) is 4.79 Å². The lowest BCUT2D eigenvalue weighted by Gasteiger charge is -2.19. The lowest BCUT2D eigenvalue weighted by molar-refractivity contribution is -0.150. The summed E-state index contributed by atoms with van der Waals surface area (Å²) >= 11 is 13.5. The lowest BCUT2D eigenvalue weighted by atomic mass is 10.1. The molecule has 2 aromatic rings. The molecule has 0 spiro atoms. The number of carbonyl (C=O) groups is 2. The first kappa shape index (κ1) is 19.5. The summed E-state index contributed by atoms with van der Waals surface area (Å²) in [6.07, 6.45) is 2.03. The summed E-state index contributed by atoms with van der Waals surface area (Å²) in [4.78, 5) is 24.9. The van der Waals surface area contributed by atoms with Crippen LogP contribution in [0.1, 0.15) is 30.3 Å². The normalized spacial score (nSPS) is 13.4. The highest BCUT2D eigenvalue weighted by Gasteiger charge is 2.20. The van der Waals surface area contributed by atoms with Crippen LogP contribution in [-0.4, -0.2) is 18.0 Å². The van der Waals surface area contributed by atoms with Crippen molar-refractivity contribution in [3.63, 3.8) is 0 Å². The van der Waals surface area contributed by atoms with Crippen LogP contribution < -0.4 is 5.32 Å². The average molecular weight is 398 g/mol. The maximum absolute atomic E-state index is 12.2. The van der Waals surface area contributed by atoms with Gasteiger partial charge in [0, 0.05) is 21.0 Å². The number of hydrogen-bond acceptors (Lipinski definition) is 4. The van der Waals surface area contributed by atoms with Crippen molar-refractivity contribution in [2.75, 3.05) is 0 Å². The number of hydrogen-bond donors (Lipinski definition) is 1. The zero-order valence-electron chi connectivity index (χ0n) is 13.7. The molecule has 0 aliphatic heterocycles. The molecule has 2 unspecified atom stereocenters. The predicted molar refractivity (Wildman–Crippen MR) is 102 cm³/mol. The number of amides is 1. The van der Waals surface area contributed by atoms with Crippen LogP contribution in [0.25, 0.3) is 6.08 Å². The Morgan fingerprint density at radius 3 is 2.64 bits per heavy atom. The number of carbonyl (C=O) groups excluding carboxylic acids is 2. The number of esters is 1. The molecule has 25 heavy (non-hydrogen) atoms. The molecule has 0 fully saturated rings. The van der Waals surface area contributed by atoms with Gasteiger partial charge in [-0.3, -0.25) is 4.79 Å². The van der Waals surface area contributed by atoms with E-state index in [4.69, 9.17) is 27.9 Å². The Morgan fingerprint density at radius 2 is 2.00 bits per heavy atom. The minimum atomic E-state index is -0.922. The molecule has 4 nitrogen and oxygen atoms in total. The molecule has 132 valence electrons. The fraction of sp³-hybridized carbons (Fsp3) is 0.222. The number of halogens is 2. The van der Waals surface area contributed by atoms with E-state index in [2.05, 4.69) is 5.32 Å². The van der Waals surface area contributed by atoms with Crippen LogP contribution in [0.15, 0.2) is 41.8 Å². The van der Waals surface area contributed by atoms with Gasteiger partial charge in [0.2, 0.25) is 0 Å². The molecule has 2 atom stereocenters. The monoisotopic (exact) mass is 397 g/mol. The van der Waals surface area contributed by atoms with Gasteiger partial charge in [0.1, 0.15) is 0 Å². The second kappa shape index (κ2) is 9.04. The molecule has 1 aromatic carbocycles. The Bertz CT molecular complexity index is 775. The molecule has 0 radical (unpaired) electrons. The lowest BCUT2D eigenvalue weighted by Crippen LogP contribution is -2.37. The molecule has 1 N–H and O–H groups in total. The van der Waals surface area contributed by atoms with Crippen LogP contribution >= 0.6 is 34.5 Å². The van der Waals surface area contributed by atoms with Crippen molar-refractivity contribution < 1.29 is 14.3 Å². The number of benzene rings is 1. The Hall–Kier alpha value is -1.82. The van der Waals surface area contributed by atoms with Crippen molar-refractivity contribution in [1.82, 2.24) is 5.32 Å². The number of ether oxygens (including phenoxy) is 1. The van der Waals surface area contributed by atoms with Gasteiger partial charge in [-0.1, -0.05) is 35.3 Å². The summed E-state index contributed by atoms with van der Waals surface area (Å²) in [5.41, 5.74) is 0.732. The predicted octanol–water partition coefficient (Wildman–Crippen LogP) is 4.88. The topological polar surface area (TPSA) is 55.4 Å². The Labute approximate surface area is 160 Å². The van der Waals surface area contributed by atoms with Crippen LogP contribution in [-0.2, 0) is 14.3 Å². The Balaban J connectivity index is 1.89. The van der Waals surface area contributed by atoms with E-state index in [1.807, 2.05) is 17.5 Å². The third-order valence-corrected chi connectivity index (χ3v) is 4.78. The Morgan fingerprint density at radius 1 is 1.24 bits per heavy atom. The third-order valence-electron chi connectivity index (χ3n) is 3.38. The molecule has 2 rings (SSSR count). The average Bonchev–Trinajstić information content (AvgIpc) is 3.06. The highest BCUT2D eigenvalue weighted by molar-refractivity contribution is 7.10. The van der Waals surface area contributed by atoms with E-state index in [1.54, 1.807) is 31.2 Å². The van der Waals surface area contributed by atoms with Gasteiger partial charge >= 0.3 is 5.97 Å². The molecule has 7 heteroatoms. The molecule has 1 amide bonds. The van der Waals surface area contributed by atoms with Crippen molar-refractivity contribution in [3.8, 4) is 0 Å². The fourth-order valence-corrected chi connectivity index (χ4v) is 3.25. The van der Waals surface area contributed by atoms with Gasteiger partial charge in [-0.2, -0.15) is 0 Å². The van der Waals surface area contributed by atoms with E-state index in [-0.39, 0.29) is 6.04 Å². The first-order chi connectivity index (χ1) is 11.9. The van der Waals surface area contributed by atoms with Crippen LogP contribution in [0.5, 0.6) is 0 Å². The number of thiophene rings is 1. The maximum Gasteiger partial charge on any atom is 0.331 e. The molecule has 0 bridgehead atoms. The van der Waals surface area contributed by atoms with E-state index in [9.17, 15) is 9.59 Å². The SMILES string of the molecule is CC(OC(=O)/C=C/c1cccs1)C(=O)NC(C)c1ccc(Cl)cc1Cl. The standard InChI is InChI=1S/C18H17Cl2NO3S/c1-11(15-7-5-13(19)10-16(15)20)21-18(23)12(2)24-17(22)8-6-14-4-3-9-25-14/h3-12H,1-2H3,(H,21,23)/b8-6+. The van der Waals surface area contributed by atoms with E-state index >= 15 is 0 Å². The van der Waals surface area contributed by atoms with E-state index in [1.165, 1.54) is 24.3 Å². The van der Waals surface area contributed by atoms with Gasteiger partial charge in [-0.15, -0.1) is 11.3 Å². The molecule has 0 saturated heterocycles. The number of rotatable bonds is 6. The largest absolute Gasteiger partial charge is 0.449 e. The molecule has 1 aromatic heterocycles. The highest BCUT2D eigenvalue weighted by atomic mass is 35.5. The zero-order valence-corrected chi connectivity index (χ0v) is 16.0. The van der Waals surface area contributed by atoms with Crippen LogP contribution in [0.4, 0.5) is 0 Å². The highest BCUT2D eigenvalue weighted by Crippen LogP contribution is 2.26. The molecule has 0 aliphatic rings. The minimum absolute atomic E-state index is 0.347.